The summed E-state index contributed by atoms with van der Waals surface area (Å²) in [5.74, 6) is 0. The number of pyridine rings is 1. The summed E-state index contributed by atoms with van der Waals surface area (Å²) in [4.78, 5) is 3.76. The van der Waals surface area contributed by atoms with Gasteiger partial charge in [0.2, 0.25) is 0 Å². The van der Waals surface area contributed by atoms with Crippen molar-refractivity contribution in [1.29, 1.82) is 0 Å². The number of hydrogen-bond acceptors (Lipinski definition) is 2. The van der Waals surface area contributed by atoms with Crippen LogP contribution in [0.3, 0.4) is 0 Å². The topological polar surface area (TPSA) is 38.9 Å². The van der Waals surface area contributed by atoms with Gasteiger partial charge >= 0.3 is 0 Å². The molecule has 2 rings (SSSR count). The van der Waals surface area contributed by atoms with Crippen molar-refractivity contribution in [3.05, 3.63) is 36.2 Å². The summed E-state index contributed by atoms with van der Waals surface area (Å²) in [7, 11) is 0. The molecule has 1 aliphatic carbocycles. The van der Waals surface area contributed by atoms with Crippen molar-refractivity contribution in [3.8, 4) is 0 Å². The van der Waals surface area contributed by atoms with Crippen LogP contribution in [0.15, 0.2) is 36.2 Å². The second kappa shape index (κ2) is 6.19. The summed E-state index contributed by atoms with van der Waals surface area (Å²) in [6.07, 6.45) is 11.2. The highest BCUT2D eigenvalue weighted by Crippen LogP contribution is 2.15. The molecular weight excluding hydrogens is 172 g/mol. The van der Waals surface area contributed by atoms with Gasteiger partial charge in [0.15, 0.2) is 0 Å². The molecule has 1 heterocycles. The zero-order valence-electron chi connectivity index (χ0n) is 8.74. The van der Waals surface area contributed by atoms with Crippen molar-refractivity contribution >= 4 is 5.69 Å². The molecule has 1 aromatic heterocycles. The van der Waals surface area contributed by atoms with Gasteiger partial charge in [-0.3, -0.25) is 4.98 Å². The first-order valence-electron chi connectivity index (χ1n) is 5.10. The monoisotopic (exact) mass is 190 g/mol. The summed E-state index contributed by atoms with van der Waals surface area (Å²) in [5, 5.41) is 0. The molecule has 0 spiro atoms. The Morgan fingerprint density at radius 2 is 2.21 bits per heavy atom. The number of allylic oxidation sites excluding steroid dienone is 2. The van der Waals surface area contributed by atoms with E-state index in [1.165, 1.54) is 25.7 Å². The molecule has 76 valence electrons. The van der Waals surface area contributed by atoms with Crippen molar-refractivity contribution in [2.45, 2.75) is 32.6 Å². The lowest BCUT2D eigenvalue weighted by molar-refractivity contribution is 0.702. The molecular formula is C12H18N2. The maximum atomic E-state index is 5.30. The van der Waals surface area contributed by atoms with Gasteiger partial charge in [-0.25, -0.2) is 0 Å². The zero-order valence-corrected chi connectivity index (χ0v) is 8.74. The fourth-order valence-electron chi connectivity index (χ4n) is 1.37. The minimum absolute atomic E-state index is 0.711. The quantitative estimate of drug-likeness (QED) is 0.638. The molecule has 1 aromatic rings. The molecule has 0 aliphatic heterocycles. The molecule has 14 heavy (non-hydrogen) atoms. The Morgan fingerprint density at radius 3 is 2.50 bits per heavy atom. The molecule has 0 aromatic carbocycles. The largest absolute Gasteiger partial charge is 0.397 e. The lowest BCUT2D eigenvalue weighted by atomic mass is 10.0. The van der Waals surface area contributed by atoms with Crippen molar-refractivity contribution in [1.82, 2.24) is 4.98 Å². The third-order valence-electron chi connectivity index (χ3n) is 2.20. The molecule has 1 aliphatic rings. The number of rotatable bonds is 0. The maximum absolute atomic E-state index is 5.30. The van der Waals surface area contributed by atoms with Gasteiger partial charge in [-0.05, 0) is 44.7 Å². The van der Waals surface area contributed by atoms with Crippen molar-refractivity contribution in [3.63, 3.8) is 0 Å². The van der Waals surface area contributed by atoms with Crippen molar-refractivity contribution in [2.24, 2.45) is 0 Å². The third-order valence-corrected chi connectivity index (χ3v) is 2.20. The first-order valence-corrected chi connectivity index (χ1v) is 5.10. The van der Waals surface area contributed by atoms with Crippen LogP contribution in [0.5, 0.6) is 0 Å². The van der Waals surface area contributed by atoms with Gasteiger partial charge in [0.25, 0.3) is 0 Å². The van der Waals surface area contributed by atoms with Crippen LogP contribution in [0.1, 0.15) is 32.6 Å². The molecule has 2 heteroatoms. The summed E-state index contributed by atoms with van der Waals surface area (Å²) in [6, 6.07) is 3.60. The predicted molar refractivity (Wildman–Crippen MR) is 60.9 cm³/mol. The van der Waals surface area contributed by atoms with Gasteiger partial charge in [-0.2, -0.15) is 0 Å². The summed E-state index contributed by atoms with van der Waals surface area (Å²) in [6.45, 7) is 2.22. The number of hydrogen-bond donors (Lipinski definition) is 1. The highest BCUT2D eigenvalue weighted by atomic mass is 14.7. The predicted octanol–water partition coefficient (Wildman–Crippen LogP) is 3.17. The maximum Gasteiger partial charge on any atom is 0.0500 e. The number of nitrogens with zero attached hydrogens (tertiary/aromatic N) is 1. The molecule has 0 unspecified atom stereocenters. The van der Waals surface area contributed by atoms with E-state index in [0.29, 0.717) is 5.69 Å². The number of anilines is 1. The Kier molecular flexibility index (Phi) is 4.76. The van der Waals surface area contributed by atoms with Gasteiger partial charge in [0.1, 0.15) is 0 Å². The second-order valence-electron chi connectivity index (χ2n) is 3.58. The van der Waals surface area contributed by atoms with Crippen LogP contribution in [-0.4, -0.2) is 4.98 Å². The molecule has 0 saturated carbocycles. The molecule has 0 radical (unpaired) electrons. The smallest absolute Gasteiger partial charge is 0.0500 e. The molecule has 0 atom stereocenters. The fourth-order valence-corrected chi connectivity index (χ4v) is 1.37. The van der Waals surface area contributed by atoms with Gasteiger partial charge in [0, 0.05) is 12.4 Å². The van der Waals surface area contributed by atoms with E-state index in [2.05, 4.69) is 18.0 Å². The van der Waals surface area contributed by atoms with Crippen molar-refractivity contribution < 1.29 is 0 Å². The highest BCUT2D eigenvalue weighted by molar-refractivity contribution is 5.32. The summed E-state index contributed by atoms with van der Waals surface area (Å²) < 4.78 is 0. The zero-order chi connectivity index (χ0) is 10.2. The standard InChI is InChI=1S/C7H12.C5H6N2/c1-7-5-3-2-4-6-7;6-5-2-1-3-7-4-5/h5H,2-4,6H2,1H3;1-4H,6H2. The molecule has 0 amide bonds. The van der Waals surface area contributed by atoms with Crippen LogP contribution in [0.25, 0.3) is 0 Å². The molecule has 2 N–H and O–H groups in total. The van der Waals surface area contributed by atoms with Crippen LogP contribution < -0.4 is 5.73 Å². The van der Waals surface area contributed by atoms with E-state index in [4.69, 9.17) is 5.73 Å². The Hall–Kier alpha value is -1.31. The van der Waals surface area contributed by atoms with Crippen LogP contribution in [-0.2, 0) is 0 Å². The van der Waals surface area contributed by atoms with E-state index < -0.39 is 0 Å². The minimum Gasteiger partial charge on any atom is -0.397 e. The van der Waals surface area contributed by atoms with Crippen LogP contribution >= 0.6 is 0 Å². The second-order valence-corrected chi connectivity index (χ2v) is 3.58. The Labute approximate surface area is 85.9 Å². The van der Waals surface area contributed by atoms with E-state index in [-0.39, 0.29) is 0 Å². The van der Waals surface area contributed by atoms with Gasteiger partial charge < -0.3 is 5.73 Å². The number of nitrogens with two attached hydrogens (primary N) is 1. The first kappa shape index (κ1) is 10.8. The van der Waals surface area contributed by atoms with Crippen LogP contribution in [0, 0.1) is 0 Å². The number of aromatic nitrogens is 1. The van der Waals surface area contributed by atoms with E-state index in [1.807, 2.05) is 0 Å². The lowest BCUT2D eigenvalue weighted by Gasteiger charge is -2.05. The van der Waals surface area contributed by atoms with E-state index in [9.17, 15) is 0 Å². The van der Waals surface area contributed by atoms with Crippen molar-refractivity contribution in [2.75, 3.05) is 5.73 Å². The van der Waals surface area contributed by atoms with Gasteiger partial charge in [0.05, 0.1) is 5.69 Å². The third kappa shape index (κ3) is 4.65. The molecule has 0 fully saturated rings. The van der Waals surface area contributed by atoms with E-state index in [0.717, 1.165) is 0 Å². The first-order chi connectivity index (χ1) is 6.79. The van der Waals surface area contributed by atoms with Gasteiger partial charge in [-0.15, -0.1) is 0 Å². The summed E-state index contributed by atoms with van der Waals surface area (Å²) in [5.41, 5.74) is 7.60. The molecule has 2 nitrogen and oxygen atoms in total. The van der Waals surface area contributed by atoms with E-state index in [1.54, 1.807) is 30.1 Å². The Bertz CT molecular complexity index is 278. The summed E-state index contributed by atoms with van der Waals surface area (Å²) >= 11 is 0. The van der Waals surface area contributed by atoms with Crippen LogP contribution in [0.2, 0.25) is 0 Å². The van der Waals surface area contributed by atoms with Crippen LogP contribution in [0.4, 0.5) is 5.69 Å². The fraction of sp³-hybridized carbons (Fsp3) is 0.417. The molecule has 0 bridgehead atoms. The average Bonchev–Trinajstić information content (AvgIpc) is 2.21. The lowest BCUT2D eigenvalue weighted by Crippen LogP contribution is -1.85. The molecule has 0 saturated heterocycles. The SMILES string of the molecule is CC1=CCCCC1.Nc1cccnc1. The minimum atomic E-state index is 0.711. The number of nitrogen functional groups attached to an aromatic ring is 1. The Morgan fingerprint density at radius 1 is 1.36 bits per heavy atom. The Balaban J connectivity index is 0.000000140. The van der Waals surface area contributed by atoms with Gasteiger partial charge in [-0.1, -0.05) is 11.6 Å². The average molecular weight is 190 g/mol. The van der Waals surface area contributed by atoms with E-state index >= 15 is 0 Å². The normalized spacial score (nSPS) is 15.1. The highest BCUT2D eigenvalue weighted by Gasteiger charge is 1.95.